The summed E-state index contributed by atoms with van der Waals surface area (Å²) < 4.78 is 0. The minimum Gasteiger partial charge on any atom is -0.481 e. The molecule has 0 heterocycles. The van der Waals surface area contributed by atoms with Crippen molar-refractivity contribution in [2.24, 2.45) is 0 Å². The number of hydrogen-bond donors (Lipinski definition) is 5. The Hall–Kier alpha value is -1.88. The molecule has 0 aromatic carbocycles. The molecule has 2 amide bonds. The van der Waals surface area contributed by atoms with Crippen LogP contribution in [0.3, 0.4) is 0 Å². The summed E-state index contributed by atoms with van der Waals surface area (Å²) >= 11 is 0. The van der Waals surface area contributed by atoms with E-state index < -0.39 is 54.6 Å². The number of hydrogen-bond acceptors (Lipinski definition) is 5. The molecule has 0 unspecified atom stereocenters. The second-order valence-corrected chi connectivity index (χ2v) is 4.18. The normalized spacial score (nSPS) is 12.2. The number of amides is 2. The molecule has 2 radical (unpaired) electrons. The Morgan fingerprint density at radius 1 is 0.909 bits per heavy atom. The van der Waals surface area contributed by atoms with Crippen LogP contribution in [0, 0.1) is 0 Å². The zero-order valence-electron chi connectivity index (χ0n) is 11.9. The van der Waals surface area contributed by atoms with Crippen molar-refractivity contribution in [2.75, 3.05) is 0 Å². The van der Waals surface area contributed by atoms with E-state index in [0.29, 0.717) is 0 Å². The first-order valence-corrected chi connectivity index (χ1v) is 5.87. The molecule has 0 fully saturated rings. The Labute approximate surface area is 141 Å². The van der Waals surface area contributed by atoms with Crippen LogP contribution in [0.2, 0.25) is 0 Å². The number of nitrogens with one attached hydrogen (secondary N) is 2. The first-order valence-electron chi connectivity index (χ1n) is 5.87. The summed E-state index contributed by atoms with van der Waals surface area (Å²) in [5, 5.41) is 30.1. The number of carboxylic acids is 3. The minimum absolute atomic E-state index is 0. The second-order valence-electron chi connectivity index (χ2n) is 4.18. The Balaban J connectivity index is 0. The zero-order valence-corrected chi connectivity index (χ0v) is 13.3. The Morgan fingerprint density at radius 2 is 1.45 bits per heavy atom. The summed E-state index contributed by atoms with van der Waals surface area (Å²) in [5.74, 6) is -5.72. The topological polar surface area (TPSA) is 170 Å². The third kappa shape index (κ3) is 9.93. The summed E-state index contributed by atoms with van der Waals surface area (Å²) in [4.78, 5) is 54.6. The maximum atomic E-state index is 11.8. The Morgan fingerprint density at radius 3 is 1.82 bits per heavy atom. The van der Waals surface area contributed by atoms with Crippen molar-refractivity contribution in [3.05, 3.63) is 0 Å². The average Bonchev–Trinajstić information content (AvgIpc) is 2.31. The van der Waals surface area contributed by atoms with E-state index in [1.54, 1.807) is 0 Å². The third-order valence-electron chi connectivity index (χ3n) is 2.33. The van der Waals surface area contributed by atoms with Gasteiger partial charge in [-0.2, -0.15) is 0 Å². The number of carbonyl (C=O) groups excluding carboxylic acids is 2. The number of rotatable bonds is 9. The van der Waals surface area contributed by atoms with E-state index in [9.17, 15) is 24.0 Å². The number of carboxylic acid groups (broad SMARTS) is 3. The summed E-state index contributed by atoms with van der Waals surface area (Å²) in [5.41, 5.74) is 0. The van der Waals surface area contributed by atoms with Crippen LogP contribution in [-0.2, 0) is 24.0 Å². The van der Waals surface area contributed by atoms with E-state index in [1.807, 2.05) is 5.32 Å². The van der Waals surface area contributed by atoms with Gasteiger partial charge in [-0.1, -0.05) is 0 Å². The average molecular weight is 329 g/mol. The van der Waals surface area contributed by atoms with Crippen LogP contribution in [0.15, 0.2) is 0 Å². The lowest BCUT2D eigenvalue weighted by molar-refractivity contribution is -0.144. The molecule has 0 aliphatic rings. The first kappa shape index (κ1) is 22.4. The minimum atomic E-state index is -1.49. The molecule has 0 aliphatic carbocycles. The smallest absolute Gasteiger partial charge is 0.326 e. The monoisotopic (exact) mass is 328 g/mol. The lowest BCUT2D eigenvalue weighted by atomic mass is 10.1. The molecule has 0 aromatic heterocycles. The molecule has 0 saturated heterocycles. The van der Waals surface area contributed by atoms with Gasteiger partial charge in [0.15, 0.2) is 0 Å². The summed E-state index contributed by atoms with van der Waals surface area (Å²) in [6, 6.07) is -2.93. The molecule has 0 aliphatic heterocycles. The van der Waals surface area contributed by atoms with Crippen LogP contribution in [0.5, 0.6) is 0 Å². The van der Waals surface area contributed by atoms with Crippen molar-refractivity contribution < 1.29 is 39.3 Å². The van der Waals surface area contributed by atoms with Crippen molar-refractivity contribution in [1.82, 2.24) is 10.6 Å². The lowest BCUT2D eigenvalue weighted by Gasteiger charge is -2.19. The van der Waals surface area contributed by atoms with Crippen LogP contribution >= 0.6 is 0 Å². The van der Waals surface area contributed by atoms with Gasteiger partial charge in [-0.25, -0.2) is 4.79 Å². The van der Waals surface area contributed by atoms with Gasteiger partial charge in [-0.05, 0) is 6.42 Å². The van der Waals surface area contributed by atoms with Crippen LogP contribution in [0.1, 0.15) is 26.2 Å². The van der Waals surface area contributed by atoms with Crippen molar-refractivity contribution in [3.63, 3.8) is 0 Å². The largest absolute Gasteiger partial charge is 0.481 e. The standard InChI is InChI=1S/C11H16N2O8.Mg/c1-5(14)12-7(4-9(17)18)10(19)13-6(11(20)21)2-3-8(15)16;/h6-7H,2-4H2,1H3,(H,12,14)(H,13,19)(H,15,16)(H,17,18)(H,20,21);/t6-,7-;/m0./s1. The van der Waals surface area contributed by atoms with Gasteiger partial charge in [0.05, 0.1) is 6.42 Å². The quantitative estimate of drug-likeness (QED) is 0.303. The van der Waals surface area contributed by atoms with Crippen molar-refractivity contribution >= 4 is 52.8 Å². The maximum absolute atomic E-state index is 11.8. The highest BCUT2D eigenvalue weighted by atomic mass is 24.3. The molecule has 0 aromatic rings. The third-order valence-corrected chi connectivity index (χ3v) is 2.33. The first-order chi connectivity index (χ1) is 9.63. The molecular formula is C11H16MgN2O8. The van der Waals surface area contributed by atoms with Crippen LogP contribution in [-0.4, -0.2) is 80.2 Å². The summed E-state index contributed by atoms with van der Waals surface area (Å²) in [6.07, 6.45) is -1.58. The van der Waals surface area contributed by atoms with Crippen LogP contribution in [0.25, 0.3) is 0 Å². The van der Waals surface area contributed by atoms with Gasteiger partial charge in [-0.15, -0.1) is 0 Å². The Kier molecular flexibility index (Phi) is 11.0. The Bertz CT molecular complexity index is 437. The van der Waals surface area contributed by atoms with E-state index in [2.05, 4.69) is 5.32 Å². The number of aliphatic carboxylic acids is 3. The van der Waals surface area contributed by atoms with E-state index in [-0.39, 0.29) is 29.5 Å². The molecule has 0 rings (SSSR count). The van der Waals surface area contributed by atoms with Gasteiger partial charge in [0.25, 0.3) is 0 Å². The molecular weight excluding hydrogens is 312 g/mol. The molecule has 22 heavy (non-hydrogen) atoms. The van der Waals surface area contributed by atoms with Gasteiger partial charge < -0.3 is 26.0 Å². The van der Waals surface area contributed by atoms with Crippen molar-refractivity contribution in [3.8, 4) is 0 Å². The highest BCUT2D eigenvalue weighted by molar-refractivity contribution is 5.92. The SMILES string of the molecule is CC(=O)N[C@@H](CC(=O)O)C(=O)N[C@@H](CCC(=O)O)C(=O)O.[Mg]. The van der Waals surface area contributed by atoms with Gasteiger partial charge in [0.1, 0.15) is 12.1 Å². The number of carbonyl (C=O) groups is 5. The summed E-state index contributed by atoms with van der Waals surface area (Å²) in [7, 11) is 0. The van der Waals surface area contributed by atoms with E-state index >= 15 is 0 Å². The zero-order chi connectivity index (χ0) is 16.6. The predicted molar refractivity (Wildman–Crippen MR) is 72.0 cm³/mol. The maximum Gasteiger partial charge on any atom is 0.326 e. The van der Waals surface area contributed by atoms with E-state index in [0.717, 1.165) is 6.92 Å². The molecule has 10 nitrogen and oxygen atoms in total. The van der Waals surface area contributed by atoms with Gasteiger partial charge in [-0.3, -0.25) is 19.2 Å². The molecule has 2 atom stereocenters. The van der Waals surface area contributed by atoms with E-state index in [1.165, 1.54) is 0 Å². The van der Waals surface area contributed by atoms with Crippen molar-refractivity contribution in [1.29, 1.82) is 0 Å². The lowest BCUT2D eigenvalue weighted by Crippen LogP contribution is -2.52. The second kappa shape index (κ2) is 10.8. The fraction of sp³-hybridized carbons (Fsp3) is 0.545. The molecule has 5 N–H and O–H groups in total. The van der Waals surface area contributed by atoms with E-state index in [4.69, 9.17) is 15.3 Å². The van der Waals surface area contributed by atoms with Gasteiger partial charge in [0.2, 0.25) is 11.8 Å². The predicted octanol–water partition coefficient (Wildman–Crippen LogP) is -1.98. The highest BCUT2D eigenvalue weighted by Gasteiger charge is 2.27. The summed E-state index contributed by atoms with van der Waals surface area (Å²) in [6.45, 7) is 1.07. The van der Waals surface area contributed by atoms with Gasteiger partial charge >= 0.3 is 17.9 Å². The fourth-order valence-corrected chi connectivity index (χ4v) is 1.43. The molecule has 0 bridgehead atoms. The highest BCUT2D eigenvalue weighted by Crippen LogP contribution is 2.01. The molecule has 120 valence electrons. The van der Waals surface area contributed by atoms with Crippen LogP contribution in [0.4, 0.5) is 0 Å². The van der Waals surface area contributed by atoms with Crippen LogP contribution < -0.4 is 10.6 Å². The molecule has 0 saturated carbocycles. The molecule has 11 heteroatoms. The fourth-order valence-electron chi connectivity index (χ4n) is 1.43. The van der Waals surface area contributed by atoms with Crippen molar-refractivity contribution in [2.45, 2.75) is 38.3 Å². The van der Waals surface area contributed by atoms with Gasteiger partial charge in [0, 0.05) is 36.4 Å². The molecule has 0 spiro atoms.